The quantitative estimate of drug-likeness (QED) is 0.767. The monoisotopic (exact) mass is 245 g/mol. The number of hydrogen-bond acceptors (Lipinski definition) is 3. The van der Waals surface area contributed by atoms with E-state index in [1.165, 1.54) is 6.92 Å². The van der Waals surface area contributed by atoms with E-state index in [1.807, 2.05) is 0 Å². The number of hydrogen-bond donors (Lipinski definition) is 0. The highest BCUT2D eigenvalue weighted by Crippen LogP contribution is 2.21. The molecule has 0 N–H and O–H groups in total. The first-order valence-corrected chi connectivity index (χ1v) is 6.41. The van der Waals surface area contributed by atoms with Crippen LogP contribution in [-0.2, 0) is 0 Å². The summed E-state index contributed by atoms with van der Waals surface area (Å²) < 4.78 is 0. The lowest BCUT2D eigenvalue weighted by atomic mass is 9.89. The summed E-state index contributed by atoms with van der Waals surface area (Å²) in [4.78, 5) is 25.7. The first-order chi connectivity index (χ1) is 8.58. The number of benzene rings is 1. The van der Waals surface area contributed by atoms with Crippen molar-refractivity contribution >= 4 is 11.6 Å². The van der Waals surface area contributed by atoms with Crippen LogP contribution in [0, 0.1) is 5.92 Å². The van der Waals surface area contributed by atoms with Crippen molar-refractivity contribution in [3.8, 4) is 0 Å². The van der Waals surface area contributed by atoms with Gasteiger partial charge in [-0.1, -0.05) is 24.3 Å². The highest BCUT2D eigenvalue weighted by Gasteiger charge is 2.24. The van der Waals surface area contributed by atoms with Gasteiger partial charge in [-0.05, 0) is 39.9 Å². The van der Waals surface area contributed by atoms with Gasteiger partial charge in [0, 0.05) is 17.0 Å². The molecule has 3 nitrogen and oxygen atoms in total. The molecule has 1 fully saturated rings. The summed E-state index contributed by atoms with van der Waals surface area (Å²) in [7, 11) is 2.09. The fourth-order valence-corrected chi connectivity index (χ4v) is 2.38. The van der Waals surface area contributed by atoms with Crippen LogP contribution in [0.15, 0.2) is 24.3 Å². The molecule has 96 valence electrons. The maximum Gasteiger partial charge on any atom is 0.166 e. The molecule has 0 saturated carbocycles. The van der Waals surface area contributed by atoms with Crippen molar-refractivity contribution in [1.29, 1.82) is 0 Å². The summed E-state index contributed by atoms with van der Waals surface area (Å²) in [6, 6.07) is 7.03. The highest BCUT2D eigenvalue weighted by molar-refractivity contribution is 5.99. The van der Waals surface area contributed by atoms with E-state index in [1.54, 1.807) is 24.3 Å². The molecule has 0 spiro atoms. The Morgan fingerprint density at radius 3 is 2.06 bits per heavy atom. The Kier molecular flexibility index (Phi) is 3.92. The minimum absolute atomic E-state index is 0.0355. The number of piperidine rings is 1. The SMILES string of the molecule is CC(=O)c1ccc(C(=O)C2CCN(C)CC2)cc1. The summed E-state index contributed by atoms with van der Waals surface area (Å²) in [6.45, 7) is 3.51. The average molecular weight is 245 g/mol. The molecule has 0 amide bonds. The Labute approximate surface area is 108 Å². The number of nitrogens with zero attached hydrogens (tertiary/aromatic N) is 1. The molecule has 0 atom stereocenters. The molecule has 1 aliphatic rings. The van der Waals surface area contributed by atoms with Crippen molar-refractivity contribution in [3.63, 3.8) is 0 Å². The molecule has 0 unspecified atom stereocenters. The molecule has 0 aromatic heterocycles. The van der Waals surface area contributed by atoms with Gasteiger partial charge in [0.25, 0.3) is 0 Å². The molecule has 1 heterocycles. The topological polar surface area (TPSA) is 37.4 Å². The zero-order valence-corrected chi connectivity index (χ0v) is 11.0. The summed E-state index contributed by atoms with van der Waals surface area (Å²) >= 11 is 0. The lowest BCUT2D eigenvalue weighted by Crippen LogP contribution is -2.33. The summed E-state index contributed by atoms with van der Waals surface area (Å²) in [5, 5.41) is 0. The molecule has 1 aliphatic heterocycles. The van der Waals surface area contributed by atoms with Gasteiger partial charge in [-0.25, -0.2) is 0 Å². The van der Waals surface area contributed by atoms with Crippen molar-refractivity contribution in [1.82, 2.24) is 4.90 Å². The van der Waals surface area contributed by atoms with E-state index < -0.39 is 0 Å². The number of carbonyl (C=O) groups excluding carboxylic acids is 2. The molecular formula is C15H19NO2. The van der Waals surface area contributed by atoms with E-state index in [0.717, 1.165) is 31.5 Å². The third-order valence-electron chi connectivity index (χ3n) is 3.67. The van der Waals surface area contributed by atoms with Crippen LogP contribution >= 0.6 is 0 Å². The smallest absolute Gasteiger partial charge is 0.166 e. The zero-order chi connectivity index (χ0) is 13.1. The van der Waals surface area contributed by atoms with Crippen molar-refractivity contribution < 1.29 is 9.59 Å². The summed E-state index contributed by atoms with van der Waals surface area (Å²) in [6.07, 6.45) is 1.87. The molecular weight excluding hydrogens is 226 g/mol. The number of Topliss-reactive ketones (excluding diaryl/α,β-unsaturated/α-hetero) is 2. The molecule has 0 radical (unpaired) electrons. The first-order valence-electron chi connectivity index (χ1n) is 6.41. The molecule has 1 saturated heterocycles. The average Bonchev–Trinajstić information content (AvgIpc) is 2.39. The van der Waals surface area contributed by atoms with Crippen molar-refractivity contribution in [2.24, 2.45) is 5.92 Å². The first kappa shape index (κ1) is 13.0. The fourth-order valence-electron chi connectivity index (χ4n) is 2.38. The van der Waals surface area contributed by atoms with E-state index in [0.29, 0.717) is 5.56 Å². The molecule has 1 aromatic rings. The predicted octanol–water partition coefficient (Wildman–Crippen LogP) is 2.41. The van der Waals surface area contributed by atoms with Crippen LogP contribution in [-0.4, -0.2) is 36.6 Å². The number of carbonyl (C=O) groups is 2. The van der Waals surface area contributed by atoms with Gasteiger partial charge in [0.2, 0.25) is 0 Å². The Bertz CT molecular complexity index is 442. The van der Waals surface area contributed by atoms with Crippen molar-refractivity contribution in [2.45, 2.75) is 19.8 Å². The summed E-state index contributed by atoms with van der Waals surface area (Å²) in [5.41, 5.74) is 1.39. The third kappa shape index (κ3) is 2.85. The van der Waals surface area contributed by atoms with E-state index in [-0.39, 0.29) is 17.5 Å². The zero-order valence-electron chi connectivity index (χ0n) is 11.0. The standard InChI is InChI=1S/C15H19NO2/c1-11(17)12-3-5-13(6-4-12)15(18)14-7-9-16(2)10-8-14/h3-6,14H,7-10H2,1-2H3. The molecule has 0 aliphatic carbocycles. The van der Waals surface area contributed by atoms with Gasteiger partial charge in [0.05, 0.1) is 0 Å². The van der Waals surface area contributed by atoms with Crippen LogP contribution in [0.1, 0.15) is 40.5 Å². The largest absolute Gasteiger partial charge is 0.306 e. The molecule has 1 aromatic carbocycles. The van der Waals surface area contributed by atoms with Gasteiger partial charge < -0.3 is 4.90 Å². The lowest BCUT2D eigenvalue weighted by molar-refractivity contribution is 0.0856. The highest BCUT2D eigenvalue weighted by atomic mass is 16.1. The summed E-state index contributed by atoms with van der Waals surface area (Å²) in [5.74, 6) is 0.399. The van der Waals surface area contributed by atoms with Gasteiger partial charge in [-0.3, -0.25) is 9.59 Å². The molecule has 0 bridgehead atoms. The van der Waals surface area contributed by atoms with E-state index >= 15 is 0 Å². The molecule has 2 rings (SSSR count). The Hall–Kier alpha value is -1.48. The van der Waals surface area contributed by atoms with Crippen LogP contribution in [0.3, 0.4) is 0 Å². The molecule has 3 heteroatoms. The maximum absolute atomic E-state index is 12.3. The molecule has 18 heavy (non-hydrogen) atoms. The number of ketones is 2. The second-order valence-corrected chi connectivity index (χ2v) is 5.08. The predicted molar refractivity (Wildman–Crippen MR) is 71.0 cm³/mol. The minimum Gasteiger partial charge on any atom is -0.306 e. The van der Waals surface area contributed by atoms with Gasteiger partial charge in [-0.15, -0.1) is 0 Å². The minimum atomic E-state index is 0.0355. The van der Waals surface area contributed by atoms with Gasteiger partial charge in [-0.2, -0.15) is 0 Å². The lowest BCUT2D eigenvalue weighted by Gasteiger charge is -2.28. The van der Waals surface area contributed by atoms with Gasteiger partial charge >= 0.3 is 0 Å². The maximum atomic E-state index is 12.3. The fraction of sp³-hybridized carbons (Fsp3) is 0.467. The van der Waals surface area contributed by atoms with E-state index in [9.17, 15) is 9.59 Å². The second kappa shape index (κ2) is 5.44. The van der Waals surface area contributed by atoms with E-state index in [2.05, 4.69) is 11.9 Å². The van der Waals surface area contributed by atoms with Gasteiger partial charge in [0.1, 0.15) is 0 Å². The Morgan fingerprint density at radius 2 is 1.56 bits per heavy atom. The van der Waals surface area contributed by atoms with E-state index in [4.69, 9.17) is 0 Å². The Morgan fingerprint density at radius 1 is 1.06 bits per heavy atom. The van der Waals surface area contributed by atoms with Crippen LogP contribution in [0.4, 0.5) is 0 Å². The van der Waals surface area contributed by atoms with Crippen molar-refractivity contribution in [3.05, 3.63) is 35.4 Å². The Balaban J connectivity index is 2.07. The number of likely N-dealkylation sites (tertiary alicyclic amines) is 1. The van der Waals surface area contributed by atoms with Crippen LogP contribution in [0.5, 0.6) is 0 Å². The van der Waals surface area contributed by atoms with Crippen LogP contribution in [0.25, 0.3) is 0 Å². The van der Waals surface area contributed by atoms with Crippen LogP contribution in [0.2, 0.25) is 0 Å². The normalized spacial score (nSPS) is 17.7. The second-order valence-electron chi connectivity index (χ2n) is 5.08. The van der Waals surface area contributed by atoms with Crippen molar-refractivity contribution in [2.75, 3.05) is 20.1 Å². The van der Waals surface area contributed by atoms with Crippen LogP contribution < -0.4 is 0 Å². The number of rotatable bonds is 3. The third-order valence-corrected chi connectivity index (χ3v) is 3.67. The van der Waals surface area contributed by atoms with Gasteiger partial charge in [0.15, 0.2) is 11.6 Å².